The Bertz CT molecular complexity index is 1200. The second-order valence-corrected chi connectivity index (χ2v) is 8.48. The number of hydrogen-bond acceptors (Lipinski definition) is 5. The number of hydrogen-bond donors (Lipinski definition) is 3. The van der Waals surface area contributed by atoms with Crippen LogP contribution >= 0.6 is 0 Å². The third kappa shape index (κ3) is 4.52. The molecule has 4 rings (SSSR count). The van der Waals surface area contributed by atoms with Crippen LogP contribution < -0.4 is 16.6 Å². The molecule has 1 aromatic carbocycles. The van der Waals surface area contributed by atoms with Crippen molar-refractivity contribution in [1.29, 1.82) is 0 Å². The highest BCUT2D eigenvalue weighted by Crippen LogP contribution is 2.28. The number of aromatic amines is 1. The number of aryl methyl sites for hydroxylation is 1. The van der Waals surface area contributed by atoms with Crippen LogP contribution in [0.5, 0.6) is 0 Å². The number of H-pyrrole nitrogens is 1. The number of imidazole rings is 1. The van der Waals surface area contributed by atoms with E-state index < -0.39 is 11.2 Å². The molecule has 9 nitrogen and oxygen atoms in total. The van der Waals surface area contributed by atoms with E-state index in [1.165, 1.54) is 4.57 Å². The summed E-state index contributed by atoms with van der Waals surface area (Å²) in [6, 6.07) is 7.68. The molecule has 0 radical (unpaired) electrons. The number of aliphatic hydroxyl groups excluding tert-OH is 1. The highest BCUT2D eigenvalue weighted by atomic mass is 16.3. The van der Waals surface area contributed by atoms with Crippen molar-refractivity contribution < 1.29 is 9.90 Å². The van der Waals surface area contributed by atoms with Gasteiger partial charge in [0.05, 0.1) is 12.9 Å². The van der Waals surface area contributed by atoms with Crippen molar-refractivity contribution in [1.82, 2.24) is 24.4 Å². The SMILES string of the molecule is CCn1cnc2c1c(=O)[nH]c(=O)n2Cc1ccc(CNC(=O)C2CCC(CO)CC2)cc1. The molecule has 1 saturated carbocycles. The Morgan fingerprint density at radius 2 is 1.84 bits per heavy atom. The number of benzene rings is 1. The lowest BCUT2D eigenvalue weighted by molar-refractivity contribution is -0.126. The Labute approximate surface area is 185 Å². The Morgan fingerprint density at radius 1 is 1.16 bits per heavy atom. The van der Waals surface area contributed by atoms with Crippen LogP contribution in [-0.2, 0) is 24.4 Å². The van der Waals surface area contributed by atoms with Crippen LogP contribution in [0.1, 0.15) is 43.7 Å². The van der Waals surface area contributed by atoms with E-state index in [9.17, 15) is 19.5 Å². The summed E-state index contributed by atoms with van der Waals surface area (Å²) >= 11 is 0. The average Bonchev–Trinajstić information content (AvgIpc) is 3.26. The molecule has 9 heteroatoms. The third-order valence-corrected chi connectivity index (χ3v) is 6.40. The van der Waals surface area contributed by atoms with E-state index in [2.05, 4.69) is 15.3 Å². The van der Waals surface area contributed by atoms with E-state index in [1.807, 2.05) is 31.2 Å². The predicted molar refractivity (Wildman–Crippen MR) is 120 cm³/mol. The summed E-state index contributed by atoms with van der Waals surface area (Å²) in [7, 11) is 0. The van der Waals surface area contributed by atoms with Gasteiger partial charge in [0.15, 0.2) is 11.2 Å². The minimum atomic E-state index is -0.490. The van der Waals surface area contributed by atoms with Crippen molar-refractivity contribution in [2.24, 2.45) is 11.8 Å². The van der Waals surface area contributed by atoms with Crippen LogP contribution in [0.3, 0.4) is 0 Å². The maximum absolute atomic E-state index is 12.4. The lowest BCUT2D eigenvalue weighted by Gasteiger charge is -2.26. The summed E-state index contributed by atoms with van der Waals surface area (Å²) in [6.45, 7) is 3.43. The molecule has 3 aromatic rings. The number of aliphatic hydroxyl groups is 1. The maximum atomic E-state index is 12.4. The molecule has 0 spiro atoms. The molecular formula is C23H29N5O4. The van der Waals surface area contributed by atoms with Gasteiger partial charge >= 0.3 is 5.69 Å². The van der Waals surface area contributed by atoms with Gasteiger partial charge in [-0.15, -0.1) is 0 Å². The maximum Gasteiger partial charge on any atom is 0.330 e. The standard InChI is InChI=1S/C23H29N5O4/c1-2-27-14-25-20-19(27)22(31)26-23(32)28(20)12-16-5-3-15(4-6-16)11-24-21(30)18-9-7-17(13-29)8-10-18/h3-6,14,17-18,29H,2,7-13H2,1H3,(H,24,30)(H,26,31,32). The summed E-state index contributed by atoms with van der Waals surface area (Å²) in [5.74, 6) is 0.423. The first-order valence-electron chi connectivity index (χ1n) is 11.1. The van der Waals surface area contributed by atoms with Crippen LogP contribution in [0.4, 0.5) is 0 Å². The molecule has 1 amide bonds. The highest BCUT2D eigenvalue weighted by Gasteiger charge is 2.25. The first-order valence-corrected chi connectivity index (χ1v) is 11.1. The summed E-state index contributed by atoms with van der Waals surface area (Å²) in [6.07, 6.45) is 5.02. The van der Waals surface area contributed by atoms with Crippen LogP contribution in [0.2, 0.25) is 0 Å². The number of nitrogens with zero attached hydrogens (tertiary/aromatic N) is 3. The second-order valence-electron chi connectivity index (χ2n) is 8.48. The van der Waals surface area contributed by atoms with Gasteiger partial charge in [0, 0.05) is 25.6 Å². The first kappa shape index (κ1) is 22.0. The average molecular weight is 440 g/mol. The lowest BCUT2D eigenvalue weighted by atomic mass is 9.82. The molecule has 2 aromatic heterocycles. The number of carbonyl (C=O) groups is 1. The Kier molecular flexibility index (Phi) is 6.55. The molecule has 2 heterocycles. The lowest BCUT2D eigenvalue weighted by Crippen LogP contribution is -2.33. The minimum Gasteiger partial charge on any atom is -0.396 e. The first-order chi connectivity index (χ1) is 15.5. The highest BCUT2D eigenvalue weighted by molar-refractivity contribution is 5.78. The number of amides is 1. The molecule has 1 aliphatic carbocycles. The van der Waals surface area contributed by atoms with Crippen LogP contribution in [0.25, 0.3) is 11.2 Å². The van der Waals surface area contributed by atoms with Crippen molar-refractivity contribution in [3.8, 4) is 0 Å². The van der Waals surface area contributed by atoms with Gasteiger partial charge in [0.2, 0.25) is 5.91 Å². The fourth-order valence-corrected chi connectivity index (χ4v) is 4.39. The fourth-order valence-electron chi connectivity index (χ4n) is 4.39. The van der Waals surface area contributed by atoms with Crippen molar-refractivity contribution >= 4 is 17.1 Å². The molecule has 0 unspecified atom stereocenters. The van der Waals surface area contributed by atoms with E-state index in [0.717, 1.165) is 36.8 Å². The quantitative estimate of drug-likeness (QED) is 0.513. The van der Waals surface area contributed by atoms with Gasteiger partial charge in [-0.05, 0) is 49.7 Å². The molecule has 0 atom stereocenters. The molecule has 3 N–H and O–H groups in total. The molecule has 0 saturated heterocycles. The Balaban J connectivity index is 1.41. The van der Waals surface area contributed by atoms with Gasteiger partial charge in [-0.3, -0.25) is 19.1 Å². The van der Waals surface area contributed by atoms with Crippen molar-refractivity contribution in [2.75, 3.05) is 6.61 Å². The van der Waals surface area contributed by atoms with E-state index in [-0.39, 0.29) is 25.0 Å². The van der Waals surface area contributed by atoms with Crippen molar-refractivity contribution in [3.63, 3.8) is 0 Å². The molecule has 1 aliphatic rings. The van der Waals surface area contributed by atoms with Crippen molar-refractivity contribution in [3.05, 3.63) is 62.6 Å². The number of aromatic nitrogens is 4. The Hall–Kier alpha value is -3.20. The minimum absolute atomic E-state index is 0.0227. The number of nitrogens with one attached hydrogen (secondary N) is 2. The normalized spacial score (nSPS) is 18.7. The van der Waals surface area contributed by atoms with E-state index in [4.69, 9.17) is 0 Å². The van der Waals surface area contributed by atoms with Crippen LogP contribution in [-0.4, -0.2) is 36.7 Å². The molecule has 0 bridgehead atoms. The van der Waals surface area contributed by atoms with Crippen LogP contribution in [0, 0.1) is 11.8 Å². The smallest absolute Gasteiger partial charge is 0.330 e. The van der Waals surface area contributed by atoms with Gasteiger partial charge in [-0.25, -0.2) is 9.78 Å². The zero-order chi connectivity index (χ0) is 22.7. The topological polar surface area (TPSA) is 122 Å². The molecular weight excluding hydrogens is 410 g/mol. The summed E-state index contributed by atoms with van der Waals surface area (Å²) in [5, 5.41) is 12.2. The van der Waals surface area contributed by atoms with E-state index in [0.29, 0.717) is 30.2 Å². The molecule has 0 aliphatic heterocycles. The third-order valence-electron chi connectivity index (χ3n) is 6.40. The number of fused-ring (bicyclic) bond motifs is 1. The monoisotopic (exact) mass is 439 g/mol. The molecule has 1 fully saturated rings. The second kappa shape index (κ2) is 9.52. The Morgan fingerprint density at radius 3 is 2.50 bits per heavy atom. The zero-order valence-electron chi connectivity index (χ0n) is 18.2. The van der Waals surface area contributed by atoms with E-state index in [1.54, 1.807) is 10.9 Å². The number of carbonyl (C=O) groups excluding carboxylic acids is 1. The van der Waals surface area contributed by atoms with E-state index >= 15 is 0 Å². The predicted octanol–water partition coefficient (Wildman–Crippen LogP) is 1.37. The summed E-state index contributed by atoms with van der Waals surface area (Å²) in [5.41, 5.74) is 1.70. The largest absolute Gasteiger partial charge is 0.396 e. The summed E-state index contributed by atoms with van der Waals surface area (Å²) < 4.78 is 3.18. The molecule has 32 heavy (non-hydrogen) atoms. The number of rotatable bonds is 7. The zero-order valence-corrected chi connectivity index (χ0v) is 18.2. The van der Waals surface area contributed by atoms with Gasteiger partial charge in [-0.1, -0.05) is 24.3 Å². The van der Waals surface area contributed by atoms with Gasteiger partial charge in [-0.2, -0.15) is 0 Å². The van der Waals surface area contributed by atoms with Crippen molar-refractivity contribution in [2.45, 2.75) is 52.2 Å². The van der Waals surface area contributed by atoms with Gasteiger partial charge in [0.1, 0.15) is 0 Å². The molecule has 170 valence electrons. The summed E-state index contributed by atoms with van der Waals surface area (Å²) in [4.78, 5) is 43.7. The van der Waals surface area contributed by atoms with Gasteiger partial charge in [0.25, 0.3) is 5.56 Å². The van der Waals surface area contributed by atoms with Crippen LogP contribution in [0.15, 0.2) is 40.2 Å². The van der Waals surface area contributed by atoms with Gasteiger partial charge < -0.3 is 15.0 Å². The fraction of sp³-hybridized carbons (Fsp3) is 0.478.